The van der Waals surface area contributed by atoms with E-state index in [1.165, 1.54) is 45.8 Å². The van der Waals surface area contributed by atoms with Gasteiger partial charge in [0.25, 0.3) is 0 Å². The number of amides is 2. The minimum absolute atomic E-state index is 0.00424. The van der Waals surface area contributed by atoms with Gasteiger partial charge in [-0.2, -0.15) is 0 Å². The van der Waals surface area contributed by atoms with Crippen molar-refractivity contribution < 1.29 is 34.5 Å². The van der Waals surface area contributed by atoms with E-state index in [-0.39, 0.29) is 47.8 Å². The van der Waals surface area contributed by atoms with Gasteiger partial charge in [0.15, 0.2) is 0 Å². The predicted molar refractivity (Wildman–Crippen MR) is 127 cm³/mol. The number of rotatable bonds is 10. The minimum Gasteiger partial charge on any atom is -0.508 e. The second-order valence-corrected chi connectivity index (χ2v) is 10.4. The minimum atomic E-state index is -1.34. The van der Waals surface area contributed by atoms with Gasteiger partial charge in [-0.1, -0.05) is 11.8 Å². The third kappa shape index (κ3) is 4.83. The van der Waals surface area contributed by atoms with Crippen molar-refractivity contribution in [2.45, 2.75) is 29.5 Å². The first-order chi connectivity index (χ1) is 17.2. The highest BCUT2D eigenvalue weighted by molar-refractivity contribution is 8.00. The molecule has 0 bridgehead atoms. The first kappa shape index (κ1) is 25.7. The lowest BCUT2D eigenvalue weighted by atomic mass is 9.89. The number of thioether (sulfide) groups is 2. The molecule has 0 radical (unpaired) electrons. The molecule has 14 nitrogen and oxygen atoms in total. The molecule has 0 saturated carbocycles. The quantitative estimate of drug-likeness (QED) is 0.219. The molecule has 0 aliphatic carbocycles. The van der Waals surface area contributed by atoms with E-state index in [1.54, 1.807) is 0 Å². The topological polar surface area (TPSA) is 205 Å². The molecule has 2 fully saturated rings. The summed E-state index contributed by atoms with van der Waals surface area (Å²) in [4.78, 5) is 52.3. The number of phenols is 1. The first-order valence-electron chi connectivity index (χ1n) is 10.7. The molecule has 192 valence electrons. The van der Waals surface area contributed by atoms with Gasteiger partial charge in [-0.15, -0.1) is 16.9 Å². The van der Waals surface area contributed by atoms with Crippen molar-refractivity contribution in [1.29, 1.82) is 0 Å². The van der Waals surface area contributed by atoms with Crippen molar-refractivity contribution in [2.75, 3.05) is 29.5 Å². The van der Waals surface area contributed by atoms with Crippen molar-refractivity contribution in [2.24, 2.45) is 11.1 Å². The molecule has 1 aromatic carbocycles. The van der Waals surface area contributed by atoms with Gasteiger partial charge in [0, 0.05) is 36.7 Å². The van der Waals surface area contributed by atoms with Crippen LogP contribution in [0.25, 0.3) is 0 Å². The van der Waals surface area contributed by atoms with Crippen molar-refractivity contribution in [1.82, 2.24) is 25.1 Å². The van der Waals surface area contributed by atoms with Crippen molar-refractivity contribution >= 4 is 53.0 Å². The molecule has 2 saturated heterocycles. The molecule has 36 heavy (non-hydrogen) atoms. The van der Waals surface area contributed by atoms with E-state index in [0.29, 0.717) is 5.69 Å². The average Bonchev–Trinajstić information content (AvgIpc) is 3.27. The number of carboxylic acids is 2. The summed E-state index contributed by atoms with van der Waals surface area (Å²) in [5.74, 6) is -2.83. The summed E-state index contributed by atoms with van der Waals surface area (Å²) >= 11 is 2.26. The fourth-order valence-electron chi connectivity index (χ4n) is 4.03. The molecule has 2 aliphatic rings. The number of benzene rings is 1. The third-order valence-electron chi connectivity index (χ3n) is 5.87. The number of anilines is 1. The summed E-state index contributed by atoms with van der Waals surface area (Å²) < 4.78 is 1.06. The van der Waals surface area contributed by atoms with Crippen LogP contribution in [0.15, 0.2) is 29.4 Å². The van der Waals surface area contributed by atoms with Gasteiger partial charge in [-0.05, 0) is 34.7 Å². The second kappa shape index (κ2) is 10.3. The average molecular weight is 538 g/mol. The SMILES string of the molecule is NCCC(=O)N(c1ccc(O)cc1)C1C(=O)N2CC(CSc3nnnn3CC(=O)O)(C(=O)O)CS[C@H]12. The van der Waals surface area contributed by atoms with E-state index >= 15 is 0 Å². The molecular weight excluding hydrogens is 514 g/mol. The molecule has 3 heterocycles. The van der Waals surface area contributed by atoms with Crippen LogP contribution in [0, 0.1) is 5.41 Å². The van der Waals surface area contributed by atoms with Crippen LogP contribution in [0.2, 0.25) is 0 Å². The number of hydrogen-bond donors (Lipinski definition) is 4. The predicted octanol–water partition coefficient (Wildman–Crippen LogP) is -0.708. The Labute approximate surface area is 212 Å². The zero-order chi connectivity index (χ0) is 26.0. The van der Waals surface area contributed by atoms with Gasteiger partial charge in [0.1, 0.15) is 29.1 Å². The molecule has 16 heteroatoms. The fraction of sp³-hybridized carbons (Fsp3) is 0.450. The number of tetrazole rings is 1. The highest BCUT2D eigenvalue weighted by atomic mass is 32.2. The molecule has 3 atom stereocenters. The number of nitrogens with zero attached hydrogens (tertiary/aromatic N) is 6. The van der Waals surface area contributed by atoms with Crippen LogP contribution >= 0.6 is 23.5 Å². The Kier molecular flexibility index (Phi) is 7.37. The van der Waals surface area contributed by atoms with E-state index in [4.69, 9.17) is 10.8 Å². The Bertz CT molecular complexity index is 1180. The monoisotopic (exact) mass is 537 g/mol. The highest BCUT2D eigenvalue weighted by Crippen LogP contribution is 2.46. The number of aromatic nitrogens is 4. The zero-order valence-electron chi connectivity index (χ0n) is 18.8. The van der Waals surface area contributed by atoms with E-state index in [2.05, 4.69) is 15.5 Å². The summed E-state index contributed by atoms with van der Waals surface area (Å²) in [5.41, 5.74) is 4.67. The normalized spacial score (nSPS) is 23.0. The molecule has 2 aromatic rings. The van der Waals surface area contributed by atoms with Crippen molar-refractivity contribution in [3.63, 3.8) is 0 Å². The first-order valence-corrected chi connectivity index (χ1v) is 12.8. The molecule has 2 amide bonds. The third-order valence-corrected chi connectivity index (χ3v) is 8.69. The standard InChI is InChI=1S/C20H23N7O7S2/c21-6-5-13(29)27(11-1-3-12(28)4-2-11)15-16(32)25-8-20(18(33)34,9-35-17(15)25)10-36-19-22-23-24-26(19)7-14(30)31/h1-4,15,17,28H,5-10,21H2,(H,30,31)(H,33,34)/t15?,17-,20?/m1/s1. The number of aliphatic carboxylic acids is 2. The van der Waals surface area contributed by atoms with Gasteiger partial charge in [-0.25, -0.2) is 4.68 Å². The zero-order valence-corrected chi connectivity index (χ0v) is 20.4. The van der Waals surface area contributed by atoms with Crippen LogP contribution in [0.1, 0.15) is 6.42 Å². The van der Waals surface area contributed by atoms with E-state index < -0.39 is 41.2 Å². The van der Waals surface area contributed by atoms with Gasteiger partial charge in [0.2, 0.25) is 17.0 Å². The molecule has 0 spiro atoms. The maximum atomic E-state index is 13.2. The van der Waals surface area contributed by atoms with Gasteiger partial charge in [-0.3, -0.25) is 24.1 Å². The summed E-state index contributed by atoms with van der Waals surface area (Å²) in [7, 11) is 0. The Morgan fingerprint density at radius 2 is 1.97 bits per heavy atom. The number of fused-ring (bicyclic) bond motifs is 1. The number of β-lactam (4-membered cyclic amide) rings is 1. The lowest BCUT2D eigenvalue weighted by Gasteiger charge is -2.56. The lowest BCUT2D eigenvalue weighted by Crippen LogP contribution is -2.74. The van der Waals surface area contributed by atoms with E-state index in [1.807, 2.05) is 0 Å². The number of aromatic hydroxyl groups is 1. The number of hydrogen-bond acceptors (Lipinski definition) is 11. The maximum absolute atomic E-state index is 13.2. The molecule has 5 N–H and O–H groups in total. The van der Waals surface area contributed by atoms with Crippen LogP contribution in [-0.2, 0) is 25.7 Å². The Morgan fingerprint density at radius 1 is 1.25 bits per heavy atom. The van der Waals surface area contributed by atoms with E-state index in [0.717, 1.165) is 16.4 Å². The maximum Gasteiger partial charge on any atom is 0.325 e. The smallest absolute Gasteiger partial charge is 0.325 e. The van der Waals surface area contributed by atoms with Crippen molar-refractivity contribution in [3.05, 3.63) is 24.3 Å². The lowest BCUT2D eigenvalue weighted by molar-refractivity contribution is -0.156. The number of nitrogens with two attached hydrogens (primary N) is 1. The summed E-state index contributed by atoms with van der Waals surface area (Å²) in [6, 6.07) is 5.06. The van der Waals surface area contributed by atoms with Gasteiger partial charge < -0.3 is 26.0 Å². The van der Waals surface area contributed by atoms with Crippen LogP contribution < -0.4 is 10.6 Å². The largest absolute Gasteiger partial charge is 0.508 e. The number of carbonyl (C=O) groups excluding carboxylic acids is 2. The number of phenolic OH excluding ortho intramolecular Hbond substituents is 1. The molecular formula is C20H23N7O7S2. The number of carboxylic acid groups (broad SMARTS) is 2. The molecule has 4 rings (SSSR count). The van der Waals surface area contributed by atoms with Crippen LogP contribution in [0.5, 0.6) is 5.75 Å². The second-order valence-electron chi connectivity index (χ2n) is 8.32. The fourth-order valence-corrected chi connectivity index (χ4v) is 6.82. The van der Waals surface area contributed by atoms with Crippen LogP contribution in [0.4, 0.5) is 5.69 Å². The summed E-state index contributed by atoms with van der Waals surface area (Å²) in [5, 5.41) is 39.2. The molecule has 2 unspecified atom stereocenters. The van der Waals surface area contributed by atoms with Gasteiger partial charge >= 0.3 is 11.9 Å². The summed E-state index contributed by atoms with van der Waals surface area (Å²) in [6.07, 6.45) is 0.0167. The highest BCUT2D eigenvalue weighted by Gasteiger charge is 2.59. The Morgan fingerprint density at radius 3 is 2.61 bits per heavy atom. The van der Waals surface area contributed by atoms with Crippen LogP contribution in [0.3, 0.4) is 0 Å². The molecule has 2 aliphatic heterocycles. The number of carbonyl (C=O) groups is 4. The van der Waals surface area contributed by atoms with Crippen molar-refractivity contribution in [3.8, 4) is 5.75 Å². The Hall–Kier alpha value is -3.37. The van der Waals surface area contributed by atoms with E-state index in [9.17, 15) is 29.4 Å². The summed E-state index contributed by atoms with van der Waals surface area (Å²) in [6.45, 7) is -0.462. The van der Waals surface area contributed by atoms with Gasteiger partial charge in [0.05, 0.1) is 0 Å². The van der Waals surface area contributed by atoms with Crippen LogP contribution in [-0.4, -0.2) is 100 Å². The molecule has 1 aromatic heterocycles. The Balaban J connectivity index is 1.52.